The first-order valence-electron chi connectivity index (χ1n) is 6.95. The summed E-state index contributed by atoms with van der Waals surface area (Å²) in [6.45, 7) is 2.70. The first-order valence-corrected chi connectivity index (χ1v) is 6.95. The maximum atomic E-state index is 12.0. The van der Waals surface area contributed by atoms with Gasteiger partial charge in [0.25, 0.3) is 0 Å². The molecule has 6 nitrogen and oxygen atoms in total. The van der Waals surface area contributed by atoms with E-state index in [1.807, 2.05) is 6.92 Å². The summed E-state index contributed by atoms with van der Waals surface area (Å²) in [6, 6.07) is 5.29. The quantitative estimate of drug-likeness (QED) is 0.331. The van der Waals surface area contributed by atoms with E-state index in [1.165, 1.54) is 24.3 Å². The Labute approximate surface area is 155 Å². The van der Waals surface area contributed by atoms with Crippen molar-refractivity contribution < 1.29 is 22.7 Å². The smallest absolute Gasteiger partial charge is 0.406 e. The Bertz CT molecular complexity index is 536. The third kappa shape index (κ3) is 10.1. The van der Waals surface area contributed by atoms with Gasteiger partial charge in [-0.2, -0.15) is 0 Å². The first kappa shape index (κ1) is 22.3. The molecule has 136 valence electrons. The first-order chi connectivity index (χ1) is 10.8. The Morgan fingerprint density at radius 2 is 1.88 bits per heavy atom. The number of nitrogens with one attached hydrogen (secondary N) is 2. The number of guanidine groups is 1. The highest BCUT2D eigenvalue weighted by Crippen LogP contribution is 2.22. The number of rotatable bonds is 7. The van der Waals surface area contributed by atoms with E-state index in [0.717, 1.165) is 6.42 Å². The third-order valence-electron chi connectivity index (χ3n) is 2.59. The van der Waals surface area contributed by atoms with E-state index in [2.05, 4.69) is 20.4 Å². The van der Waals surface area contributed by atoms with Gasteiger partial charge in [0.15, 0.2) is 5.96 Å². The van der Waals surface area contributed by atoms with Gasteiger partial charge in [0, 0.05) is 6.54 Å². The molecule has 0 spiro atoms. The van der Waals surface area contributed by atoms with Gasteiger partial charge in [0.2, 0.25) is 5.91 Å². The molecular weight excluding hydrogens is 440 g/mol. The van der Waals surface area contributed by atoms with Crippen LogP contribution in [-0.4, -0.2) is 31.3 Å². The molecule has 0 saturated carbocycles. The van der Waals surface area contributed by atoms with Gasteiger partial charge in [0.05, 0.1) is 13.1 Å². The predicted octanol–water partition coefficient (Wildman–Crippen LogP) is 2.13. The maximum Gasteiger partial charge on any atom is 0.573 e. The van der Waals surface area contributed by atoms with Crippen molar-refractivity contribution in [3.8, 4) is 5.75 Å². The average Bonchev–Trinajstić information content (AvgIpc) is 2.48. The molecule has 24 heavy (non-hydrogen) atoms. The lowest BCUT2D eigenvalue weighted by molar-refractivity contribution is -0.274. The van der Waals surface area contributed by atoms with Crippen LogP contribution in [0.4, 0.5) is 13.2 Å². The van der Waals surface area contributed by atoms with Crippen molar-refractivity contribution in [1.29, 1.82) is 0 Å². The lowest BCUT2D eigenvalue weighted by Gasteiger charge is -2.09. The van der Waals surface area contributed by atoms with Gasteiger partial charge in [-0.1, -0.05) is 19.1 Å². The molecule has 0 atom stereocenters. The predicted molar refractivity (Wildman–Crippen MR) is 95.2 cm³/mol. The van der Waals surface area contributed by atoms with E-state index in [0.29, 0.717) is 12.1 Å². The molecule has 4 N–H and O–H groups in total. The van der Waals surface area contributed by atoms with Gasteiger partial charge >= 0.3 is 6.36 Å². The van der Waals surface area contributed by atoms with Crippen LogP contribution in [0.3, 0.4) is 0 Å². The lowest BCUT2D eigenvalue weighted by atomic mass is 10.2. The molecule has 1 amide bonds. The molecule has 1 aromatic carbocycles. The normalized spacial score (nSPS) is 11.4. The summed E-state index contributed by atoms with van der Waals surface area (Å²) >= 11 is 0. The second-order valence-electron chi connectivity index (χ2n) is 4.60. The lowest BCUT2D eigenvalue weighted by Crippen LogP contribution is -2.40. The van der Waals surface area contributed by atoms with Gasteiger partial charge in [0.1, 0.15) is 5.75 Å². The van der Waals surface area contributed by atoms with Crippen LogP contribution in [-0.2, 0) is 11.3 Å². The summed E-state index contributed by atoms with van der Waals surface area (Å²) in [6.07, 6.45) is -3.88. The highest BCUT2D eigenvalue weighted by Gasteiger charge is 2.30. The molecule has 0 heterocycles. The average molecular weight is 460 g/mol. The largest absolute Gasteiger partial charge is 0.573 e. The molecule has 0 aliphatic carbocycles. The van der Waals surface area contributed by atoms with Crippen LogP contribution >= 0.6 is 24.0 Å². The Kier molecular flexibility index (Phi) is 10.2. The van der Waals surface area contributed by atoms with Gasteiger partial charge in [-0.05, 0) is 24.1 Å². The van der Waals surface area contributed by atoms with Crippen LogP contribution in [0.5, 0.6) is 5.75 Å². The number of aliphatic imine (C=N–C) groups is 1. The van der Waals surface area contributed by atoms with Crippen molar-refractivity contribution in [2.24, 2.45) is 10.7 Å². The standard InChI is InChI=1S/C14H19F3N4O2.HI/c1-2-7-19-12(22)9-21-13(18)20-8-10-3-5-11(6-4-10)23-14(15,16)17;/h3-6H,2,7-9H2,1H3,(H,19,22)(H3,18,20,21);1H. The van der Waals surface area contributed by atoms with Gasteiger partial charge in [-0.15, -0.1) is 37.1 Å². The van der Waals surface area contributed by atoms with Crippen LogP contribution < -0.4 is 21.1 Å². The van der Waals surface area contributed by atoms with E-state index in [1.54, 1.807) is 0 Å². The number of hydrogen-bond acceptors (Lipinski definition) is 3. The monoisotopic (exact) mass is 460 g/mol. The fraction of sp³-hybridized carbons (Fsp3) is 0.429. The van der Waals surface area contributed by atoms with E-state index in [-0.39, 0.29) is 54.7 Å². The fourth-order valence-electron chi connectivity index (χ4n) is 1.53. The van der Waals surface area contributed by atoms with Gasteiger partial charge in [-0.3, -0.25) is 4.79 Å². The number of halogens is 4. The van der Waals surface area contributed by atoms with Crippen molar-refractivity contribution >= 4 is 35.8 Å². The molecule has 0 aliphatic rings. The minimum absolute atomic E-state index is 0. The summed E-state index contributed by atoms with van der Waals surface area (Å²) in [5.74, 6) is -0.421. The van der Waals surface area contributed by atoms with E-state index in [4.69, 9.17) is 5.73 Å². The van der Waals surface area contributed by atoms with E-state index < -0.39 is 6.36 Å². The minimum Gasteiger partial charge on any atom is -0.406 e. The van der Waals surface area contributed by atoms with Crippen LogP contribution in [0.2, 0.25) is 0 Å². The molecule has 1 aromatic rings. The number of carbonyl (C=O) groups is 1. The highest BCUT2D eigenvalue weighted by atomic mass is 127. The summed E-state index contributed by atoms with van der Waals surface area (Å²) in [5.41, 5.74) is 6.25. The SMILES string of the molecule is CCCNC(=O)CNC(N)=NCc1ccc(OC(F)(F)F)cc1.I. The number of hydrogen-bond donors (Lipinski definition) is 3. The summed E-state index contributed by atoms with van der Waals surface area (Å²) in [4.78, 5) is 15.3. The zero-order valence-corrected chi connectivity index (χ0v) is 15.4. The number of amides is 1. The number of carbonyl (C=O) groups excluding carboxylic acids is 1. The zero-order chi connectivity index (χ0) is 17.3. The molecule has 0 radical (unpaired) electrons. The molecule has 0 fully saturated rings. The van der Waals surface area contributed by atoms with Crippen LogP contribution in [0.15, 0.2) is 29.3 Å². The summed E-state index contributed by atoms with van der Waals surface area (Å²) in [5, 5.41) is 5.31. The van der Waals surface area contributed by atoms with Crippen molar-refractivity contribution in [3.05, 3.63) is 29.8 Å². The van der Waals surface area contributed by atoms with Crippen molar-refractivity contribution in [2.45, 2.75) is 26.3 Å². The Balaban J connectivity index is 0.00000529. The molecule has 0 saturated heterocycles. The van der Waals surface area contributed by atoms with Crippen molar-refractivity contribution in [2.75, 3.05) is 13.1 Å². The third-order valence-corrected chi connectivity index (χ3v) is 2.59. The molecule has 0 unspecified atom stereocenters. The second kappa shape index (κ2) is 10.9. The number of ether oxygens (including phenoxy) is 1. The molecule has 0 aliphatic heterocycles. The van der Waals surface area contributed by atoms with E-state index >= 15 is 0 Å². The highest BCUT2D eigenvalue weighted by molar-refractivity contribution is 14.0. The molecule has 0 bridgehead atoms. The zero-order valence-electron chi connectivity index (χ0n) is 13.0. The molecular formula is C14H20F3IN4O2. The molecule has 0 aromatic heterocycles. The number of nitrogens with zero attached hydrogens (tertiary/aromatic N) is 1. The van der Waals surface area contributed by atoms with Crippen LogP contribution in [0, 0.1) is 0 Å². The molecule has 10 heteroatoms. The maximum absolute atomic E-state index is 12.0. The summed E-state index contributed by atoms with van der Waals surface area (Å²) in [7, 11) is 0. The van der Waals surface area contributed by atoms with Crippen LogP contribution in [0.25, 0.3) is 0 Å². The number of nitrogens with two attached hydrogens (primary N) is 1. The van der Waals surface area contributed by atoms with Crippen LogP contribution in [0.1, 0.15) is 18.9 Å². The Morgan fingerprint density at radius 1 is 1.25 bits per heavy atom. The van der Waals surface area contributed by atoms with Gasteiger partial charge in [-0.25, -0.2) is 4.99 Å². The minimum atomic E-state index is -4.72. The topological polar surface area (TPSA) is 88.7 Å². The van der Waals surface area contributed by atoms with Crippen molar-refractivity contribution in [1.82, 2.24) is 10.6 Å². The van der Waals surface area contributed by atoms with E-state index in [9.17, 15) is 18.0 Å². The Morgan fingerprint density at radius 3 is 2.42 bits per heavy atom. The molecule has 1 rings (SSSR count). The number of alkyl halides is 3. The Hall–Kier alpha value is -1.72. The summed E-state index contributed by atoms with van der Waals surface area (Å²) < 4.78 is 39.8. The van der Waals surface area contributed by atoms with Gasteiger partial charge < -0.3 is 21.1 Å². The second-order valence-corrected chi connectivity index (χ2v) is 4.60. The number of benzene rings is 1. The fourth-order valence-corrected chi connectivity index (χ4v) is 1.53. The van der Waals surface area contributed by atoms with Crippen molar-refractivity contribution in [3.63, 3.8) is 0 Å².